The third kappa shape index (κ3) is 4.30. The van der Waals surface area contributed by atoms with E-state index in [1.54, 1.807) is 26.8 Å². The number of pyridine rings is 1. The molecule has 10 heteroatoms. The number of hydrogen-bond donors (Lipinski definition) is 1. The lowest BCUT2D eigenvalue weighted by atomic mass is 10.1. The molecule has 0 radical (unpaired) electrons. The third-order valence-electron chi connectivity index (χ3n) is 5.15. The summed E-state index contributed by atoms with van der Waals surface area (Å²) >= 11 is 1.23. The smallest absolute Gasteiger partial charge is 0.339 e. The second-order valence-corrected chi connectivity index (χ2v) is 10.5. The minimum atomic E-state index is -3.52. The number of nitrogens with one attached hydrogen (secondary N) is 1. The molecule has 1 fully saturated rings. The highest BCUT2D eigenvalue weighted by molar-refractivity contribution is 8.00. The zero-order valence-electron chi connectivity index (χ0n) is 17.4. The molecule has 0 aliphatic carbocycles. The Kier molecular flexibility index (Phi) is 6.68. The van der Waals surface area contributed by atoms with E-state index in [1.807, 2.05) is 0 Å². The maximum absolute atomic E-state index is 12.9. The van der Waals surface area contributed by atoms with Gasteiger partial charge in [0.2, 0.25) is 10.0 Å². The van der Waals surface area contributed by atoms with Crippen molar-refractivity contribution in [3.8, 4) is 0 Å². The van der Waals surface area contributed by atoms with Crippen LogP contribution in [0.5, 0.6) is 0 Å². The summed E-state index contributed by atoms with van der Waals surface area (Å²) in [5.41, 5.74) is 1.86. The average Bonchev–Trinajstić information content (AvgIpc) is 3.36. The van der Waals surface area contributed by atoms with Gasteiger partial charge in [0.15, 0.2) is 5.78 Å². The van der Waals surface area contributed by atoms with Crippen molar-refractivity contribution >= 4 is 33.5 Å². The van der Waals surface area contributed by atoms with E-state index in [4.69, 9.17) is 4.74 Å². The van der Waals surface area contributed by atoms with Crippen LogP contribution in [0.3, 0.4) is 0 Å². The lowest BCUT2D eigenvalue weighted by Gasteiger charge is -2.15. The van der Waals surface area contributed by atoms with Gasteiger partial charge in [0.1, 0.15) is 4.90 Å². The molecule has 1 aliphatic rings. The number of hydrogen-bond acceptors (Lipinski definition) is 7. The lowest BCUT2D eigenvalue weighted by molar-refractivity contribution is 0.0599. The van der Waals surface area contributed by atoms with E-state index in [1.165, 1.54) is 35.4 Å². The zero-order valence-corrected chi connectivity index (χ0v) is 19.0. The van der Waals surface area contributed by atoms with Gasteiger partial charge in [-0.1, -0.05) is 11.8 Å². The molecule has 0 saturated carbocycles. The summed E-state index contributed by atoms with van der Waals surface area (Å²) in [6, 6.07) is 3.14. The van der Waals surface area contributed by atoms with Crippen LogP contribution in [-0.4, -0.2) is 59.9 Å². The number of ketones is 1. The van der Waals surface area contributed by atoms with Gasteiger partial charge in [-0.05, 0) is 51.3 Å². The van der Waals surface area contributed by atoms with Gasteiger partial charge in [0.25, 0.3) is 0 Å². The average molecular weight is 452 g/mol. The molecule has 3 rings (SSSR count). The molecule has 0 bridgehead atoms. The molecule has 8 nitrogen and oxygen atoms in total. The van der Waals surface area contributed by atoms with Crippen LogP contribution in [0, 0.1) is 13.8 Å². The first kappa shape index (κ1) is 22.5. The first-order valence-corrected chi connectivity index (χ1v) is 11.9. The predicted molar refractivity (Wildman–Crippen MR) is 113 cm³/mol. The molecule has 0 spiro atoms. The Bertz CT molecular complexity index is 1050. The summed E-state index contributed by atoms with van der Waals surface area (Å²) < 4.78 is 31.4. The molecule has 2 aromatic heterocycles. The van der Waals surface area contributed by atoms with Crippen molar-refractivity contribution in [3.63, 3.8) is 0 Å². The number of rotatable bonds is 7. The molecule has 1 saturated heterocycles. The first-order valence-electron chi connectivity index (χ1n) is 9.61. The summed E-state index contributed by atoms with van der Waals surface area (Å²) in [6.07, 6.45) is 3.08. The summed E-state index contributed by atoms with van der Waals surface area (Å²) in [6.45, 7) is 6.24. The third-order valence-corrected chi connectivity index (χ3v) is 8.08. The van der Waals surface area contributed by atoms with Gasteiger partial charge < -0.3 is 9.72 Å². The number of ether oxygens (including phenoxy) is 1. The lowest BCUT2D eigenvalue weighted by Crippen LogP contribution is -2.27. The number of esters is 1. The monoisotopic (exact) mass is 451 g/mol. The summed E-state index contributed by atoms with van der Waals surface area (Å²) in [4.78, 5) is 32.2. The Morgan fingerprint density at radius 2 is 1.90 bits per heavy atom. The van der Waals surface area contributed by atoms with Gasteiger partial charge in [0, 0.05) is 25.0 Å². The molecular weight excluding hydrogens is 426 g/mol. The van der Waals surface area contributed by atoms with Crippen LogP contribution in [0.2, 0.25) is 0 Å². The van der Waals surface area contributed by atoms with Crippen LogP contribution in [0.15, 0.2) is 28.3 Å². The first-order chi connectivity index (χ1) is 14.2. The molecule has 1 atom stereocenters. The van der Waals surface area contributed by atoms with E-state index in [2.05, 4.69) is 9.97 Å². The summed E-state index contributed by atoms with van der Waals surface area (Å²) in [5.74, 6) is -0.664. The summed E-state index contributed by atoms with van der Waals surface area (Å²) in [7, 11) is -2.22. The topological polar surface area (TPSA) is 109 Å². The number of aromatic amines is 1. The number of carbonyl (C=O) groups excluding carboxylic acids is 2. The van der Waals surface area contributed by atoms with Crippen LogP contribution in [-0.2, 0) is 14.8 Å². The van der Waals surface area contributed by atoms with Gasteiger partial charge in [-0.3, -0.25) is 4.79 Å². The Balaban J connectivity index is 1.74. The Morgan fingerprint density at radius 1 is 1.23 bits per heavy atom. The van der Waals surface area contributed by atoms with E-state index < -0.39 is 21.2 Å². The highest BCUT2D eigenvalue weighted by Crippen LogP contribution is 2.28. The van der Waals surface area contributed by atoms with Crippen molar-refractivity contribution in [2.75, 3.05) is 20.2 Å². The van der Waals surface area contributed by atoms with Crippen LogP contribution in [0.4, 0.5) is 0 Å². The molecule has 3 heterocycles. The van der Waals surface area contributed by atoms with Crippen molar-refractivity contribution in [2.24, 2.45) is 0 Å². The maximum Gasteiger partial charge on any atom is 0.339 e. The van der Waals surface area contributed by atoms with Gasteiger partial charge >= 0.3 is 5.97 Å². The molecule has 1 aliphatic heterocycles. The second-order valence-electron chi connectivity index (χ2n) is 7.18. The quantitative estimate of drug-likeness (QED) is 0.391. The van der Waals surface area contributed by atoms with Crippen LogP contribution < -0.4 is 0 Å². The van der Waals surface area contributed by atoms with Crippen molar-refractivity contribution in [1.82, 2.24) is 14.3 Å². The minimum absolute atomic E-state index is 0.159. The van der Waals surface area contributed by atoms with E-state index >= 15 is 0 Å². The van der Waals surface area contributed by atoms with Gasteiger partial charge in [-0.15, -0.1) is 0 Å². The highest BCUT2D eigenvalue weighted by Gasteiger charge is 2.28. The number of methoxy groups -OCH3 is 1. The number of Topliss-reactive ketones (excluding diaryl/α,β-unsaturated/α-hetero) is 1. The van der Waals surface area contributed by atoms with E-state index in [0.29, 0.717) is 40.6 Å². The molecule has 1 N–H and O–H groups in total. The molecule has 30 heavy (non-hydrogen) atoms. The molecule has 2 aromatic rings. The minimum Gasteiger partial charge on any atom is -0.465 e. The normalized spacial score (nSPS) is 15.9. The fourth-order valence-electron chi connectivity index (χ4n) is 3.51. The van der Waals surface area contributed by atoms with Crippen LogP contribution >= 0.6 is 11.8 Å². The van der Waals surface area contributed by atoms with E-state index in [9.17, 15) is 18.0 Å². The summed E-state index contributed by atoms with van der Waals surface area (Å²) in [5, 5.41) is 0.0612. The predicted octanol–water partition coefficient (Wildman–Crippen LogP) is 2.96. The van der Waals surface area contributed by atoms with Gasteiger partial charge in [-0.25, -0.2) is 18.2 Å². The van der Waals surface area contributed by atoms with Crippen LogP contribution in [0.1, 0.15) is 51.9 Å². The van der Waals surface area contributed by atoms with Gasteiger partial charge in [0.05, 0.1) is 28.6 Å². The second kappa shape index (κ2) is 8.91. The van der Waals surface area contributed by atoms with Gasteiger partial charge in [-0.2, -0.15) is 4.31 Å². The molecule has 1 unspecified atom stereocenters. The SMILES string of the molecule is COC(=O)c1c(C)[nH]c(C(=O)C(C)Sc2ccc(S(=O)(=O)N3CCCC3)cn2)c1C. The number of sulfonamides is 1. The fourth-order valence-corrected chi connectivity index (χ4v) is 5.82. The number of thioether (sulfide) groups is 1. The van der Waals surface area contributed by atoms with E-state index in [-0.39, 0.29) is 10.7 Å². The zero-order chi connectivity index (χ0) is 22.1. The largest absolute Gasteiger partial charge is 0.465 e. The Hall–Kier alpha value is -2.17. The molecule has 0 amide bonds. The number of carbonyl (C=O) groups is 2. The number of aryl methyl sites for hydroxylation is 1. The molecule has 162 valence electrons. The Labute approximate surface area is 180 Å². The standard InChI is InChI=1S/C20H25N3O5S2/c1-12-17(20(25)28-4)13(2)22-18(12)19(24)14(3)29-16-8-7-15(11-21-16)30(26,27)23-9-5-6-10-23/h7-8,11,14,22H,5-6,9-10H2,1-4H3. The number of nitrogens with zero attached hydrogens (tertiary/aromatic N) is 2. The molecule has 0 aromatic carbocycles. The highest BCUT2D eigenvalue weighted by atomic mass is 32.2. The number of aromatic nitrogens is 2. The van der Waals surface area contributed by atoms with Crippen molar-refractivity contribution in [2.45, 2.75) is 48.8 Å². The van der Waals surface area contributed by atoms with Crippen molar-refractivity contribution in [3.05, 3.63) is 40.8 Å². The van der Waals surface area contributed by atoms with Crippen molar-refractivity contribution in [1.29, 1.82) is 0 Å². The van der Waals surface area contributed by atoms with Crippen molar-refractivity contribution < 1.29 is 22.7 Å². The number of H-pyrrole nitrogens is 1. The molecular formula is C20H25N3O5S2. The van der Waals surface area contributed by atoms with Crippen LogP contribution in [0.25, 0.3) is 0 Å². The fraction of sp³-hybridized carbons (Fsp3) is 0.450. The maximum atomic E-state index is 12.9. The van der Waals surface area contributed by atoms with E-state index in [0.717, 1.165) is 12.8 Å². The Morgan fingerprint density at radius 3 is 2.47 bits per heavy atom.